The van der Waals surface area contributed by atoms with E-state index in [-0.39, 0.29) is 19.1 Å². The van der Waals surface area contributed by atoms with Crippen LogP contribution in [0.5, 0.6) is 0 Å². The van der Waals surface area contributed by atoms with Crippen molar-refractivity contribution in [3.8, 4) is 0 Å². The Morgan fingerprint density at radius 2 is 0.744 bits per heavy atom. The van der Waals surface area contributed by atoms with Gasteiger partial charge in [-0.15, -0.1) is 0 Å². The molecule has 0 spiro atoms. The molecule has 0 aliphatic rings. The highest BCUT2D eigenvalue weighted by atomic mass is 31.2. The summed E-state index contributed by atoms with van der Waals surface area (Å²) in [5.74, 6) is -0.195. The van der Waals surface area contributed by atoms with Crippen molar-refractivity contribution in [3.05, 3.63) is 85.1 Å². The van der Waals surface area contributed by atoms with E-state index in [2.05, 4.69) is 92.1 Å². The number of nitrogens with zero attached hydrogens (tertiary/aromatic N) is 1. The van der Waals surface area contributed by atoms with E-state index in [9.17, 15) is 19.4 Å². The predicted octanol–water partition coefficient (Wildman–Crippen LogP) is 21.7. The molecule has 0 bridgehead atoms. The van der Waals surface area contributed by atoms with E-state index in [0.29, 0.717) is 17.4 Å². The van der Waals surface area contributed by atoms with Crippen LogP contribution < -0.4 is 10.2 Å². The second-order valence-corrected chi connectivity index (χ2v) is 26.3. The van der Waals surface area contributed by atoms with Crippen LogP contribution in [0.15, 0.2) is 85.1 Å². The fourth-order valence-corrected chi connectivity index (χ4v) is 10.9. The summed E-state index contributed by atoms with van der Waals surface area (Å²) in [5.41, 5.74) is 0. The number of hydrogen-bond acceptors (Lipinski definition) is 6. The van der Waals surface area contributed by atoms with Crippen LogP contribution in [-0.2, 0) is 18.4 Å². The van der Waals surface area contributed by atoms with Crippen molar-refractivity contribution in [2.75, 3.05) is 40.9 Å². The molecule has 82 heavy (non-hydrogen) atoms. The number of likely N-dealkylation sites (N-methyl/N-ethyl adjacent to an activating group) is 1. The van der Waals surface area contributed by atoms with Crippen molar-refractivity contribution in [3.63, 3.8) is 0 Å². The minimum absolute atomic E-state index is 0.00219. The highest BCUT2D eigenvalue weighted by Gasteiger charge is 2.23. The first-order valence-electron chi connectivity index (χ1n) is 34.9. The number of phosphoric acid groups is 1. The second kappa shape index (κ2) is 63.2. The molecule has 0 saturated carbocycles. The van der Waals surface area contributed by atoms with Gasteiger partial charge in [0.25, 0.3) is 7.82 Å². The molecule has 478 valence electrons. The number of nitrogens with one attached hydrogen (secondary N) is 1. The van der Waals surface area contributed by atoms with Gasteiger partial charge in [-0.25, -0.2) is 0 Å². The zero-order chi connectivity index (χ0) is 59.8. The molecule has 0 aliphatic carbocycles. The quantitative estimate of drug-likeness (QED) is 0.0272. The summed E-state index contributed by atoms with van der Waals surface area (Å²) in [7, 11) is 1.27. The third kappa shape index (κ3) is 65.2. The molecule has 0 radical (unpaired) electrons. The summed E-state index contributed by atoms with van der Waals surface area (Å²) in [5, 5.41) is 14.0. The molecule has 0 rings (SSSR count). The number of phosphoric ester groups is 1. The van der Waals surface area contributed by atoms with Gasteiger partial charge in [-0.05, 0) is 70.6 Å². The van der Waals surface area contributed by atoms with Crippen molar-refractivity contribution in [1.29, 1.82) is 0 Å². The first-order valence-corrected chi connectivity index (χ1v) is 36.4. The van der Waals surface area contributed by atoms with Crippen molar-refractivity contribution < 1.29 is 32.9 Å². The summed E-state index contributed by atoms with van der Waals surface area (Å²) in [6.45, 7) is 4.57. The number of carbonyl (C=O) groups excluding carboxylic acids is 1. The minimum atomic E-state index is -4.61. The van der Waals surface area contributed by atoms with Crippen molar-refractivity contribution in [2.24, 2.45) is 0 Å². The number of rotatable bonds is 64. The Morgan fingerprint density at radius 1 is 0.439 bits per heavy atom. The summed E-state index contributed by atoms with van der Waals surface area (Å²) in [6, 6.07) is -0.891. The molecule has 0 aromatic carbocycles. The third-order valence-corrected chi connectivity index (χ3v) is 16.6. The molecule has 0 aromatic heterocycles. The molecule has 3 atom stereocenters. The first kappa shape index (κ1) is 79.7. The first-order chi connectivity index (χ1) is 40.0. The maximum absolute atomic E-state index is 13.0. The molecule has 1 amide bonds. The summed E-state index contributed by atoms with van der Waals surface area (Å²) in [6.07, 6.45) is 89.8. The topological polar surface area (TPSA) is 108 Å². The van der Waals surface area contributed by atoms with E-state index in [1.807, 2.05) is 27.2 Å². The van der Waals surface area contributed by atoms with Gasteiger partial charge in [0.05, 0.1) is 39.9 Å². The van der Waals surface area contributed by atoms with Crippen LogP contribution in [-0.4, -0.2) is 68.5 Å². The lowest BCUT2D eigenvalue weighted by Crippen LogP contribution is -2.45. The molecule has 0 fully saturated rings. The number of hydrogen-bond donors (Lipinski definition) is 2. The lowest BCUT2D eigenvalue weighted by Gasteiger charge is -2.29. The maximum Gasteiger partial charge on any atom is 0.268 e. The summed E-state index contributed by atoms with van der Waals surface area (Å²) < 4.78 is 23.5. The van der Waals surface area contributed by atoms with E-state index in [4.69, 9.17) is 9.05 Å². The lowest BCUT2D eigenvalue weighted by atomic mass is 10.0. The number of allylic oxidation sites excluding steroid dienone is 13. The number of aliphatic hydroxyl groups excluding tert-OH is 1. The maximum atomic E-state index is 13.0. The standard InChI is InChI=1S/C73H135N2O6P/c1-6-8-10-12-14-16-18-20-22-24-26-28-30-32-33-34-35-36-37-38-39-40-41-43-45-47-49-51-53-55-57-59-61-63-65-67-73(77)74-71(70-81-82(78,79)80-69-68-75(3,4)5)72(76)66-64-62-60-58-56-54-52-50-48-46-44-42-31-29-27-25-23-21-19-17-15-13-11-9-7-2/h8,10,14,16,20,22,26,28,32-33,35-36,64,66,71-72,76H,6-7,9,11-13,15,17-19,21,23-25,27,29-31,34,37-63,65,67-70H2,1-5H3,(H-,74,77,78,79)/b10-8-,16-14-,22-20-,28-26-,33-32-,36-35-,66-64+. The van der Waals surface area contributed by atoms with Gasteiger partial charge in [0.2, 0.25) is 5.91 Å². The Balaban J connectivity index is 4.06. The van der Waals surface area contributed by atoms with E-state index in [1.165, 1.54) is 225 Å². The molecular weight excluding hydrogens is 1030 g/mol. The molecule has 3 unspecified atom stereocenters. The number of carbonyl (C=O) groups is 1. The van der Waals surface area contributed by atoms with Gasteiger partial charge in [-0.1, -0.05) is 330 Å². The molecule has 0 saturated heterocycles. The van der Waals surface area contributed by atoms with Crippen molar-refractivity contribution in [2.45, 2.75) is 334 Å². The fourth-order valence-electron chi connectivity index (χ4n) is 10.2. The van der Waals surface area contributed by atoms with Crippen molar-refractivity contribution >= 4 is 13.7 Å². The van der Waals surface area contributed by atoms with Crippen LogP contribution in [0.1, 0.15) is 322 Å². The molecule has 8 nitrogen and oxygen atoms in total. The van der Waals surface area contributed by atoms with Gasteiger partial charge in [0.1, 0.15) is 13.2 Å². The second-order valence-electron chi connectivity index (χ2n) is 24.9. The molecule has 0 heterocycles. The molecule has 2 N–H and O–H groups in total. The third-order valence-electron chi connectivity index (χ3n) is 15.6. The number of amides is 1. The Hall–Kier alpha value is -2.32. The van der Waals surface area contributed by atoms with Gasteiger partial charge < -0.3 is 28.8 Å². The highest BCUT2D eigenvalue weighted by molar-refractivity contribution is 7.45. The Labute approximate surface area is 509 Å². The average Bonchev–Trinajstić information content (AvgIpc) is 3.45. The van der Waals surface area contributed by atoms with Crippen LogP contribution in [0.2, 0.25) is 0 Å². The van der Waals surface area contributed by atoms with Gasteiger partial charge in [0, 0.05) is 6.42 Å². The van der Waals surface area contributed by atoms with Gasteiger partial charge in [0.15, 0.2) is 0 Å². The number of aliphatic hydroxyl groups is 1. The van der Waals surface area contributed by atoms with Gasteiger partial charge >= 0.3 is 0 Å². The Kier molecular flexibility index (Phi) is 61.4. The van der Waals surface area contributed by atoms with Gasteiger partial charge in [-0.3, -0.25) is 9.36 Å². The number of quaternary nitrogens is 1. The smallest absolute Gasteiger partial charge is 0.268 e. The van der Waals surface area contributed by atoms with Crippen LogP contribution in [0, 0.1) is 0 Å². The van der Waals surface area contributed by atoms with Crippen LogP contribution >= 0.6 is 7.82 Å². The van der Waals surface area contributed by atoms with Crippen LogP contribution in [0.4, 0.5) is 0 Å². The zero-order valence-electron chi connectivity index (χ0n) is 54.7. The van der Waals surface area contributed by atoms with Crippen molar-refractivity contribution in [1.82, 2.24) is 5.32 Å². The predicted molar refractivity (Wildman–Crippen MR) is 357 cm³/mol. The normalized spacial score (nSPS) is 14.2. The van der Waals surface area contributed by atoms with Crippen LogP contribution in [0.25, 0.3) is 0 Å². The molecule has 0 aliphatic heterocycles. The van der Waals surface area contributed by atoms with Gasteiger partial charge in [-0.2, -0.15) is 0 Å². The fraction of sp³-hybridized carbons (Fsp3) is 0.795. The summed E-state index contributed by atoms with van der Waals surface area (Å²) in [4.78, 5) is 25.6. The molecule has 9 heteroatoms. The monoisotopic (exact) mass is 1170 g/mol. The van der Waals surface area contributed by atoms with E-state index >= 15 is 0 Å². The lowest BCUT2D eigenvalue weighted by molar-refractivity contribution is -0.870. The largest absolute Gasteiger partial charge is 0.756 e. The summed E-state index contributed by atoms with van der Waals surface area (Å²) >= 11 is 0. The molecular formula is C73H135N2O6P. The zero-order valence-corrected chi connectivity index (χ0v) is 55.6. The molecule has 0 aromatic rings. The SMILES string of the molecule is CC/C=C\C/C=C\C/C=C\C/C=C\C/C=C\C/C=C\CCCCCCCCCCCCCCCCCCC(=O)NC(COP(=O)([O-])OCC[N+](C)(C)C)C(O)/C=C/CCCCCCCCCCCCCCCCCCCCCCCCC. The number of unbranched alkanes of at least 4 members (excludes halogenated alkanes) is 39. The van der Waals surface area contributed by atoms with E-state index in [0.717, 1.165) is 77.0 Å². The van der Waals surface area contributed by atoms with Crippen LogP contribution in [0.3, 0.4) is 0 Å². The Morgan fingerprint density at radius 3 is 1.09 bits per heavy atom. The average molecular weight is 1170 g/mol. The highest BCUT2D eigenvalue weighted by Crippen LogP contribution is 2.38. The minimum Gasteiger partial charge on any atom is -0.756 e. The van der Waals surface area contributed by atoms with E-state index < -0.39 is 20.0 Å². The Bertz CT molecular complexity index is 1610. The van der Waals surface area contributed by atoms with E-state index in [1.54, 1.807) is 6.08 Å².